The van der Waals surface area contributed by atoms with E-state index in [4.69, 9.17) is 4.74 Å². The van der Waals surface area contributed by atoms with Gasteiger partial charge in [0, 0.05) is 6.20 Å². The Bertz CT molecular complexity index is 323. The van der Waals surface area contributed by atoms with Gasteiger partial charge in [0.15, 0.2) is 0 Å². The molecule has 1 rings (SSSR count). The van der Waals surface area contributed by atoms with Gasteiger partial charge in [0.05, 0.1) is 12.7 Å². The number of ether oxygens (including phenoxy) is 1. The van der Waals surface area contributed by atoms with Gasteiger partial charge in [0.1, 0.15) is 11.5 Å². The maximum atomic E-state index is 13.5. The highest BCUT2D eigenvalue weighted by Crippen LogP contribution is 2.16. The molecule has 0 aliphatic heterocycles. The molecule has 3 heteroatoms. The average Bonchev–Trinajstić information content (AvgIpc) is 2.15. The van der Waals surface area contributed by atoms with E-state index in [0.717, 1.165) is 5.56 Å². The smallest absolute Gasteiger partial charge is 0.147 e. The number of halogens is 1. The van der Waals surface area contributed by atoms with Crippen molar-refractivity contribution in [3.8, 4) is 0 Å². The molecule has 0 radical (unpaired) electrons. The number of aromatic nitrogens is 1. The van der Waals surface area contributed by atoms with E-state index >= 15 is 0 Å². The molecular weight excluding hydrogens is 193 g/mol. The van der Waals surface area contributed by atoms with Gasteiger partial charge in [-0.15, -0.1) is 0 Å². The second kappa shape index (κ2) is 5.21. The first-order chi connectivity index (χ1) is 7.00. The maximum Gasteiger partial charge on any atom is 0.147 e. The molecule has 0 atom stereocenters. The van der Waals surface area contributed by atoms with Crippen molar-refractivity contribution in [2.24, 2.45) is 0 Å². The first-order valence-electron chi connectivity index (χ1n) is 5.26. The third-order valence-electron chi connectivity index (χ3n) is 2.16. The van der Waals surface area contributed by atoms with Gasteiger partial charge in [-0.3, -0.25) is 4.98 Å². The molecular formula is C12H18FNO. The fraction of sp³-hybridized carbons (Fsp3) is 0.583. The normalized spacial score (nSPS) is 11.4. The fourth-order valence-electron chi connectivity index (χ4n) is 1.15. The molecule has 0 amide bonds. The van der Waals surface area contributed by atoms with Gasteiger partial charge in [0.2, 0.25) is 0 Å². The van der Waals surface area contributed by atoms with Crippen molar-refractivity contribution < 1.29 is 9.13 Å². The van der Waals surface area contributed by atoms with E-state index in [-0.39, 0.29) is 18.5 Å². The molecule has 0 N–H and O–H groups in total. The van der Waals surface area contributed by atoms with Crippen LogP contribution >= 0.6 is 0 Å². The van der Waals surface area contributed by atoms with Gasteiger partial charge in [-0.2, -0.15) is 0 Å². The summed E-state index contributed by atoms with van der Waals surface area (Å²) in [6.45, 7) is 8.10. The zero-order valence-corrected chi connectivity index (χ0v) is 9.75. The molecule has 0 spiro atoms. The van der Waals surface area contributed by atoms with Crippen molar-refractivity contribution in [2.75, 3.05) is 0 Å². The second-order valence-corrected chi connectivity index (χ2v) is 4.21. The van der Waals surface area contributed by atoms with Crippen LogP contribution in [0.25, 0.3) is 0 Å². The largest absolute Gasteiger partial charge is 0.372 e. The lowest BCUT2D eigenvalue weighted by Crippen LogP contribution is -2.06. The molecule has 2 nitrogen and oxygen atoms in total. The number of pyridine rings is 1. The van der Waals surface area contributed by atoms with Crippen molar-refractivity contribution >= 4 is 0 Å². The summed E-state index contributed by atoms with van der Waals surface area (Å²) < 4.78 is 18.8. The van der Waals surface area contributed by atoms with Crippen LogP contribution in [-0.2, 0) is 11.3 Å². The van der Waals surface area contributed by atoms with E-state index in [0.29, 0.717) is 11.6 Å². The minimum atomic E-state index is -0.276. The Kier molecular flexibility index (Phi) is 4.21. The summed E-state index contributed by atoms with van der Waals surface area (Å²) in [5.74, 6) is 0.0221. The topological polar surface area (TPSA) is 22.1 Å². The SMILES string of the molecule is CC(C)OCc1ncc(C(C)C)cc1F. The lowest BCUT2D eigenvalue weighted by Gasteiger charge is -2.10. The van der Waals surface area contributed by atoms with Gasteiger partial charge in [-0.05, 0) is 31.4 Å². The maximum absolute atomic E-state index is 13.5. The van der Waals surface area contributed by atoms with Gasteiger partial charge < -0.3 is 4.74 Å². The average molecular weight is 211 g/mol. The van der Waals surface area contributed by atoms with Gasteiger partial charge in [-0.1, -0.05) is 13.8 Å². The molecule has 0 fully saturated rings. The molecule has 0 unspecified atom stereocenters. The summed E-state index contributed by atoms with van der Waals surface area (Å²) in [5.41, 5.74) is 1.30. The summed E-state index contributed by atoms with van der Waals surface area (Å²) in [6.07, 6.45) is 1.81. The Morgan fingerprint density at radius 2 is 2.00 bits per heavy atom. The highest BCUT2D eigenvalue weighted by atomic mass is 19.1. The van der Waals surface area contributed by atoms with Gasteiger partial charge >= 0.3 is 0 Å². The first-order valence-corrected chi connectivity index (χ1v) is 5.26. The van der Waals surface area contributed by atoms with E-state index in [9.17, 15) is 4.39 Å². The van der Waals surface area contributed by atoms with Crippen molar-refractivity contribution in [1.29, 1.82) is 0 Å². The fourth-order valence-corrected chi connectivity index (χ4v) is 1.15. The molecule has 0 bridgehead atoms. The third kappa shape index (κ3) is 3.59. The van der Waals surface area contributed by atoms with Crippen LogP contribution in [0.4, 0.5) is 4.39 Å². The van der Waals surface area contributed by atoms with E-state index in [1.54, 1.807) is 6.20 Å². The van der Waals surface area contributed by atoms with Crippen molar-refractivity contribution in [1.82, 2.24) is 4.98 Å². The zero-order valence-electron chi connectivity index (χ0n) is 9.75. The molecule has 0 aromatic carbocycles. The van der Waals surface area contributed by atoms with Crippen LogP contribution in [-0.4, -0.2) is 11.1 Å². The zero-order chi connectivity index (χ0) is 11.4. The summed E-state index contributed by atoms with van der Waals surface area (Å²) >= 11 is 0. The lowest BCUT2D eigenvalue weighted by atomic mass is 10.1. The molecule has 1 aromatic heterocycles. The lowest BCUT2D eigenvalue weighted by molar-refractivity contribution is 0.0616. The van der Waals surface area contributed by atoms with E-state index in [1.807, 2.05) is 27.7 Å². The molecule has 1 heterocycles. The Balaban J connectivity index is 2.75. The molecule has 0 saturated heterocycles. The van der Waals surface area contributed by atoms with Crippen molar-refractivity contribution in [3.63, 3.8) is 0 Å². The number of hydrogen-bond acceptors (Lipinski definition) is 2. The standard InChI is InChI=1S/C12H18FNO/c1-8(2)10-5-11(13)12(14-6-10)7-15-9(3)4/h5-6,8-9H,7H2,1-4H3. The van der Waals surface area contributed by atoms with Crippen LogP contribution in [0.2, 0.25) is 0 Å². The van der Waals surface area contributed by atoms with Crippen LogP contribution in [0.15, 0.2) is 12.3 Å². The van der Waals surface area contributed by atoms with E-state index in [2.05, 4.69) is 4.98 Å². The summed E-state index contributed by atoms with van der Waals surface area (Å²) in [5, 5.41) is 0. The highest BCUT2D eigenvalue weighted by Gasteiger charge is 2.08. The predicted molar refractivity (Wildman–Crippen MR) is 58.2 cm³/mol. The Morgan fingerprint density at radius 1 is 1.33 bits per heavy atom. The molecule has 1 aromatic rings. The number of nitrogens with zero attached hydrogens (tertiary/aromatic N) is 1. The van der Waals surface area contributed by atoms with Gasteiger partial charge in [0.25, 0.3) is 0 Å². The molecule has 84 valence electrons. The third-order valence-corrected chi connectivity index (χ3v) is 2.16. The van der Waals surface area contributed by atoms with E-state index < -0.39 is 0 Å². The molecule has 0 aliphatic rings. The molecule has 0 saturated carbocycles. The van der Waals surface area contributed by atoms with Crippen LogP contribution < -0.4 is 0 Å². The second-order valence-electron chi connectivity index (χ2n) is 4.21. The first kappa shape index (κ1) is 12.1. The predicted octanol–water partition coefficient (Wildman–Crippen LogP) is 3.27. The Labute approximate surface area is 90.5 Å². The number of hydrogen-bond donors (Lipinski definition) is 0. The van der Waals surface area contributed by atoms with Crippen LogP contribution in [0.5, 0.6) is 0 Å². The van der Waals surface area contributed by atoms with E-state index in [1.165, 1.54) is 6.07 Å². The minimum Gasteiger partial charge on any atom is -0.372 e. The van der Waals surface area contributed by atoms with Gasteiger partial charge in [-0.25, -0.2) is 4.39 Å². The number of rotatable bonds is 4. The van der Waals surface area contributed by atoms with Crippen LogP contribution in [0, 0.1) is 5.82 Å². The van der Waals surface area contributed by atoms with Crippen LogP contribution in [0.3, 0.4) is 0 Å². The Hall–Kier alpha value is -0.960. The quantitative estimate of drug-likeness (QED) is 0.762. The van der Waals surface area contributed by atoms with Crippen molar-refractivity contribution in [3.05, 3.63) is 29.3 Å². The van der Waals surface area contributed by atoms with Crippen LogP contribution in [0.1, 0.15) is 44.9 Å². The summed E-state index contributed by atoms with van der Waals surface area (Å²) in [4.78, 5) is 4.07. The molecule has 15 heavy (non-hydrogen) atoms. The highest BCUT2D eigenvalue weighted by molar-refractivity contribution is 5.18. The van der Waals surface area contributed by atoms with Crippen molar-refractivity contribution in [2.45, 2.75) is 46.3 Å². The summed E-state index contributed by atoms with van der Waals surface area (Å²) in [6, 6.07) is 1.54. The summed E-state index contributed by atoms with van der Waals surface area (Å²) in [7, 11) is 0. The Morgan fingerprint density at radius 3 is 2.47 bits per heavy atom. The minimum absolute atomic E-state index is 0.0935. The monoisotopic (exact) mass is 211 g/mol. The molecule has 0 aliphatic carbocycles.